The summed E-state index contributed by atoms with van der Waals surface area (Å²) in [7, 11) is 2.01. The molecule has 0 aliphatic carbocycles. The van der Waals surface area contributed by atoms with Gasteiger partial charge in [0.05, 0.1) is 11.7 Å². The number of rotatable bonds is 4. The molecular formula is C17H26N6O. The number of hydrogen-bond donors (Lipinski definition) is 0. The molecule has 0 saturated carbocycles. The van der Waals surface area contributed by atoms with Gasteiger partial charge in [-0.3, -0.25) is 14.4 Å². The number of aryl methyl sites for hydroxylation is 3. The fourth-order valence-electron chi connectivity index (χ4n) is 3.43. The summed E-state index contributed by atoms with van der Waals surface area (Å²) >= 11 is 0. The van der Waals surface area contributed by atoms with E-state index in [0.717, 1.165) is 36.8 Å². The third kappa shape index (κ3) is 3.21. The van der Waals surface area contributed by atoms with Gasteiger partial charge < -0.3 is 9.47 Å². The van der Waals surface area contributed by atoms with Crippen molar-refractivity contribution in [3.05, 3.63) is 35.7 Å². The maximum Gasteiger partial charge on any atom is 0.244 e. The van der Waals surface area contributed by atoms with Gasteiger partial charge in [-0.05, 0) is 26.5 Å². The number of carbonyl (C=O) groups is 1. The second-order valence-electron chi connectivity index (χ2n) is 6.47. The van der Waals surface area contributed by atoms with Crippen molar-refractivity contribution in [3.8, 4) is 0 Å². The number of hydrogen-bond acceptors (Lipinski definition) is 4. The van der Waals surface area contributed by atoms with Crippen molar-refractivity contribution >= 4 is 5.91 Å². The van der Waals surface area contributed by atoms with E-state index in [1.165, 1.54) is 0 Å². The number of imidazole rings is 1. The summed E-state index contributed by atoms with van der Waals surface area (Å²) in [5, 5.41) is 4.40. The predicted octanol–water partition coefficient (Wildman–Crippen LogP) is 1.14. The molecule has 3 rings (SSSR count). The number of piperazine rings is 1. The molecule has 1 aliphatic rings. The highest BCUT2D eigenvalue weighted by molar-refractivity contribution is 5.76. The summed E-state index contributed by atoms with van der Waals surface area (Å²) in [5.74, 6) is 1.14. The van der Waals surface area contributed by atoms with E-state index in [4.69, 9.17) is 0 Å². The largest absolute Gasteiger partial charge is 0.338 e. The summed E-state index contributed by atoms with van der Waals surface area (Å²) in [6.45, 7) is 9.66. The molecular weight excluding hydrogens is 304 g/mol. The third-order valence-corrected chi connectivity index (χ3v) is 4.79. The van der Waals surface area contributed by atoms with Crippen LogP contribution in [0.5, 0.6) is 0 Å². The molecule has 0 unspecified atom stereocenters. The minimum Gasteiger partial charge on any atom is -0.338 e. The standard InChI is InChI=1S/C17H26N6O/c1-5-21-8-9-22(11-15(21)17-18-6-7-20(17)4)16(24)12-23-14(3)10-13(2)19-23/h6-7,10,15H,5,8-9,11-12H2,1-4H3/t15-/m0/s1. The van der Waals surface area contributed by atoms with Crippen molar-refractivity contribution in [2.45, 2.75) is 33.4 Å². The van der Waals surface area contributed by atoms with Gasteiger partial charge in [0.2, 0.25) is 5.91 Å². The molecule has 0 spiro atoms. The van der Waals surface area contributed by atoms with Crippen molar-refractivity contribution in [1.29, 1.82) is 0 Å². The maximum absolute atomic E-state index is 12.7. The number of aromatic nitrogens is 4. The van der Waals surface area contributed by atoms with E-state index >= 15 is 0 Å². The van der Waals surface area contributed by atoms with Crippen LogP contribution in [0.1, 0.15) is 30.2 Å². The number of amides is 1. The Balaban J connectivity index is 1.74. The van der Waals surface area contributed by atoms with Crippen molar-refractivity contribution < 1.29 is 4.79 Å². The molecule has 7 heteroatoms. The smallest absolute Gasteiger partial charge is 0.244 e. The Kier molecular flexibility index (Phi) is 4.71. The highest BCUT2D eigenvalue weighted by Crippen LogP contribution is 2.24. The molecule has 24 heavy (non-hydrogen) atoms. The van der Waals surface area contributed by atoms with Crippen molar-refractivity contribution in [2.24, 2.45) is 7.05 Å². The second-order valence-corrected chi connectivity index (χ2v) is 6.47. The molecule has 1 fully saturated rings. The number of nitrogens with zero attached hydrogens (tertiary/aromatic N) is 6. The average Bonchev–Trinajstić information content (AvgIpc) is 3.12. The lowest BCUT2D eigenvalue weighted by Gasteiger charge is -2.40. The third-order valence-electron chi connectivity index (χ3n) is 4.79. The SMILES string of the molecule is CCN1CCN(C(=O)Cn2nc(C)cc2C)C[C@H]1c1nccn1C. The first-order valence-corrected chi connectivity index (χ1v) is 8.49. The van der Waals surface area contributed by atoms with Crippen LogP contribution >= 0.6 is 0 Å². The monoisotopic (exact) mass is 330 g/mol. The van der Waals surface area contributed by atoms with E-state index in [-0.39, 0.29) is 11.9 Å². The minimum atomic E-state index is 0.121. The molecule has 0 aromatic carbocycles. The Bertz CT molecular complexity index is 718. The highest BCUT2D eigenvalue weighted by Gasteiger charge is 2.32. The topological polar surface area (TPSA) is 59.2 Å². The Hall–Kier alpha value is -2.15. The molecule has 3 heterocycles. The van der Waals surface area contributed by atoms with Crippen LogP contribution < -0.4 is 0 Å². The zero-order chi connectivity index (χ0) is 17.3. The van der Waals surface area contributed by atoms with E-state index in [9.17, 15) is 4.79 Å². The quantitative estimate of drug-likeness (QED) is 0.843. The number of likely N-dealkylation sites (N-methyl/N-ethyl adjacent to an activating group) is 1. The zero-order valence-electron chi connectivity index (χ0n) is 14.9. The summed E-state index contributed by atoms with van der Waals surface area (Å²) in [6, 6.07) is 2.15. The molecule has 1 amide bonds. The van der Waals surface area contributed by atoms with Crippen molar-refractivity contribution in [1.82, 2.24) is 29.1 Å². The van der Waals surface area contributed by atoms with Crippen LogP contribution in [0.2, 0.25) is 0 Å². The van der Waals surface area contributed by atoms with Gasteiger partial charge in [-0.15, -0.1) is 0 Å². The molecule has 1 saturated heterocycles. The zero-order valence-corrected chi connectivity index (χ0v) is 14.9. The fraction of sp³-hybridized carbons (Fsp3) is 0.588. The highest BCUT2D eigenvalue weighted by atomic mass is 16.2. The van der Waals surface area contributed by atoms with E-state index in [2.05, 4.69) is 21.9 Å². The van der Waals surface area contributed by atoms with E-state index in [1.54, 1.807) is 4.68 Å². The normalized spacial score (nSPS) is 19.0. The Morgan fingerprint density at radius 1 is 1.33 bits per heavy atom. The van der Waals surface area contributed by atoms with E-state index < -0.39 is 0 Å². The molecule has 0 bridgehead atoms. The Labute approximate surface area is 142 Å². The van der Waals surface area contributed by atoms with Gasteiger partial charge in [0.1, 0.15) is 12.4 Å². The fourth-order valence-corrected chi connectivity index (χ4v) is 3.43. The van der Waals surface area contributed by atoms with Crippen molar-refractivity contribution in [2.75, 3.05) is 26.2 Å². The molecule has 2 aromatic rings. The molecule has 7 nitrogen and oxygen atoms in total. The van der Waals surface area contributed by atoms with Gasteiger partial charge in [0.25, 0.3) is 0 Å². The Morgan fingerprint density at radius 3 is 2.71 bits per heavy atom. The van der Waals surface area contributed by atoms with Gasteiger partial charge >= 0.3 is 0 Å². The first kappa shape index (κ1) is 16.7. The summed E-state index contributed by atoms with van der Waals surface area (Å²) in [6.07, 6.45) is 3.78. The van der Waals surface area contributed by atoms with E-state index in [0.29, 0.717) is 13.1 Å². The summed E-state index contributed by atoms with van der Waals surface area (Å²) < 4.78 is 3.84. The molecule has 1 aliphatic heterocycles. The molecule has 2 aromatic heterocycles. The predicted molar refractivity (Wildman–Crippen MR) is 91.5 cm³/mol. The van der Waals surface area contributed by atoms with Crippen molar-refractivity contribution in [3.63, 3.8) is 0 Å². The van der Waals surface area contributed by atoms with Crippen LogP contribution in [-0.4, -0.2) is 61.2 Å². The lowest BCUT2D eigenvalue weighted by molar-refractivity contribution is -0.135. The van der Waals surface area contributed by atoms with Gasteiger partial charge in [0.15, 0.2) is 0 Å². The molecule has 130 valence electrons. The van der Waals surface area contributed by atoms with E-state index in [1.807, 2.05) is 48.8 Å². The maximum atomic E-state index is 12.7. The van der Waals surface area contributed by atoms with Crippen LogP contribution in [0.15, 0.2) is 18.5 Å². The first-order valence-electron chi connectivity index (χ1n) is 8.49. The average molecular weight is 330 g/mol. The van der Waals surface area contributed by atoms with Crippen LogP contribution in [-0.2, 0) is 18.4 Å². The minimum absolute atomic E-state index is 0.121. The Morgan fingerprint density at radius 2 is 2.12 bits per heavy atom. The summed E-state index contributed by atoms with van der Waals surface area (Å²) in [5.41, 5.74) is 1.97. The summed E-state index contributed by atoms with van der Waals surface area (Å²) in [4.78, 5) is 21.6. The molecule has 0 N–H and O–H groups in total. The van der Waals surface area contributed by atoms with Crippen LogP contribution in [0, 0.1) is 13.8 Å². The molecule has 1 atom stereocenters. The lowest BCUT2D eigenvalue weighted by atomic mass is 10.1. The second kappa shape index (κ2) is 6.76. The van der Waals surface area contributed by atoms with Gasteiger partial charge in [0, 0.05) is 44.8 Å². The first-order chi connectivity index (χ1) is 11.5. The van der Waals surface area contributed by atoms with Gasteiger partial charge in [-0.25, -0.2) is 4.98 Å². The lowest BCUT2D eigenvalue weighted by Crippen LogP contribution is -2.51. The van der Waals surface area contributed by atoms with Gasteiger partial charge in [-0.1, -0.05) is 6.92 Å². The van der Waals surface area contributed by atoms with Gasteiger partial charge in [-0.2, -0.15) is 5.10 Å². The van der Waals surface area contributed by atoms with Crippen LogP contribution in [0.25, 0.3) is 0 Å². The number of carbonyl (C=O) groups excluding carboxylic acids is 1. The van der Waals surface area contributed by atoms with Crippen LogP contribution in [0.3, 0.4) is 0 Å². The van der Waals surface area contributed by atoms with Crippen LogP contribution in [0.4, 0.5) is 0 Å². The molecule has 0 radical (unpaired) electrons.